The van der Waals surface area contributed by atoms with E-state index >= 15 is 0 Å². The van der Waals surface area contributed by atoms with Crippen LogP contribution in [0.25, 0.3) is 0 Å². The van der Waals surface area contributed by atoms with Gasteiger partial charge in [0.1, 0.15) is 5.82 Å². The average Bonchev–Trinajstić information content (AvgIpc) is 2.47. The molecule has 0 unspecified atom stereocenters. The van der Waals surface area contributed by atoms with E-state index in [0.29, 0.717) is 5.56 Å². The molecule has 0 amide bonds. The van der Waals surface area contributed by atoms with Crippen molar-refractivity contribution in [2.24, 2.45) is 0 Å². The largest absolute Gasteiger partial charge is 0.375 e. The summed E-state index contributed by atoms with van der Waals surface area (Å²) < 4.78 is 12.8. The molecule has 0 atom stereocenters. The van der Waals surface area contributed by atoms with E-state index in [2.05, 4.69) is 16.7 Å². The fraction of sp³-hybridized carbons (Fsp3) is 0.438. The predicted molar refractivity (Wildman–Crippen MR) is 78.2 cm³/mol. The number of ketones is 1. The highest BCUT2D eigenvalue weighted by Crippen LogP contribution is 2.06. The maximum absolute atomic E-state index is 12.8. The minimum atomic E-state index is -0.322. The van der Waals surface area contributed by atoms with Gasteiger partial charge in [-0.1, -0.05) is 6.92 Å². The zero-order valence-corrected chi connectivity index (χ0v) is 11.9. The van der Waals surface area contributed by atoms with Gasteiger partial charge in [0.2, 0.25) is 0 Å². The van der Waals surface area contributed by atoms with Gasteiger partial charge in [0, 0.05) is 44.0 Å². The molecular formula is C16H21FN2O. The molecule has 1 aromatic carbocycles. The number of rotatable bonds is 5. The van der Waals surface area contributed by atoms with E-state index in [9.17, 15) is 9.18 Å². The maximum Gasteiger partial charge on any atom is 0.187 e. The maximum atomic E-state index is 12.8. The van der Waals surface area contributed by atoms with Crippen LogP contribution in [0.3, 0.4) is 0 Å². The Bertz CT molecular complexity index is 462. The lowest BCUT2D eigenvalue weighted by molar-refractivity contribution is 0.104. The summed E-state index contributed by atoms with van der Waals surface area (Å²) in [4.78, 5) is 16.5. The average molecular weight is 276 g/mol. The predicted octanol–water partition coefficient (Wildman–Crippen LogP) is 2.55. The van der Waals surface area contributed by atoms with Crippen molar-refractivity contribution in [3.63, 3.8) is 0 Å². The van der Waals surface area contributed by atoms with E-state index in [1.807, 2.05) is 6.20 Å². The van der Waals surface area contributed by atoms with Crippen LogP contribution in [0.5, 0.6) is 0 Å². The van der Waals surface area contributed by atoms with Crippen LogP contribution >= 0.6 is 0 Å². The normalized spacial score (nSPS) is 16.8. The highest BCUT2D eigenvalue weighted by molar-refractivity contribution is 6.04. The number of piperazine rings is 1. The molecule has 0 aromatic heterocycles. The molecular weight excluding hydrogens is 255 g/mol. The van der Waals surface area contributed by atoms with E-state index in [0.717, 1.165) is 32.7 Å². The molecule has 0 bridgehead atoms. The second-order valence-electron chi connectivity index (χ2n) is 5.06. The second kappa shape index (κ2) is 7.20. The van der Waals surface area contributed by atoms with E-state index < -0.39 is 0 Å². The quantitative estimate of drug-likeness (QED) is 0.610. The lowest BCUT2D eigenvalue weighted by Crippen LogP contribution is -2.44. The van der Waals surface area contributed by atoms with Crippen LogP contribution in [-0.2, 0) is 0 Å². The Balaban J connectivity index is 1.84. The summed E-state index contributed by atoms with van der Waals surface area (Å²) in [6, 6.07) is 5.65. The second-order valence-corrected chi connectivity index (χ2v) is 5.06. The van der Waals surface area contributed by atoms with E-state index in [1.54, 1.807) is 6.08 Å². The Morgan fingerprint density at radius 2 is 1.85 bits per heavy atom. The zero-order chi connectivity index (χ0) is 14.4. The van der Waals surface area contributed by atoms with Crippen LogP contribution < -0.4 is 0 Å². The molecule has 1 aliphatic rings. The van der Waals surface area contributed by atoms with Gasteiger partial charge in [-0.25, -0.2) is 4.39 Å². The number of hydrogen-bond acceptors (Lipinski definition) is 3. The third-order valence-corrected chi connectivity index (χ3v) is 3.51. The Morgan fingerprint density at radius 1 is 1.20 bits per heavy atom. The topological polar surface area (TPSA) is 23.6 Å². The van der Waals surface area contributed by atoms with Gasteiger partial charge in [0.25, 0.3) is 0 Å². The van der Waals surface area contributed by atoms with Crippen LogP contribution in [0, 0.1) is 5.82 Å². The van der Waals surface area contributed by atoms with Crippen LogP contribution in [0.2, 0.25) is 0 Å². The molecule has 1 aliphatic heterocycles. The molecule has 0 aliphatic carbocycles. The van der Waals surface area contributed by atoms with Crippen LogP contribution in [0.4, 0.5) is 4.39 Å². The van der Waals surface area contributed by atoms with Gasteiger partial charge in [-0.05, 0) is 37.2 Å². The van der Waals surface area contributed by atoms with Crippen molar-refractivity contribution in [3.05, 3.63) is 47.9 Å². The zero-order valence-electron chi connectivity index (χ0n) is 11.9. The van der Waals surface area contributed by atoms with Crippen molar-refractivity contribution in [1.29, 1.82) is 0 Å². The summed E-state index contributed by atoms with van der Waals surface area (Å²) >= 11 is 0. The van der Waals surface area contributed by atoms with Crippen LogP contribution in [-0.4, -0.2) is 48.3 Å². The Labute approximate surface area is 119 Å². The summed E-state index contributed by atoms with van der Waals surface area (Å²) in [7, 11) is 0. The Kier molecular flexibility index (Phi) is 5.30. The number of hydrogen-bond donors (Lipinski definition) is 0. The Morgan fingerprint density at radius 3 is 2.45 bits per heavy atom. The Hall–Kier alpha value is -1.68. The van der Waals surface area contributed by atoms with E-state index in [4.69, 9.17) is 0 Å². The lowest BCUT2D eigenvalue weighted by atomic mass is 10.1. The van der Waals surface area contributed by atoms with Gasteiger partial charge in [-0.15, -0.1) is 0 Å². The van der Waals surface area contributed by atoms with E-state index in [1.165, 1.54) is 30.7 Å². The van der Waals surface area contributed by atoms with Crippen molar-refractivity contribution in [2.75, 3.05) is 32.7 Å². The van der Waals surface area contributed by atoms with Crippen molar-refractivity contribution in [2.45, 2.75) is 13.3 Å². The first-order valence-corrected chi connectivity index (χ1v) is 7.13. The third-order valence-electron chi connectivity index (χ3n) is 3.51. The summed E-state index contributed by atoms with van der Waals surface area (Å²) in [5.74, 6) is -0.404. The minimum Gasteiger partial charge on any atom is -0.375 e. The molecule has 0 spiro atoms. The summed E-state index contributed by atoms with van der Waals surface area (Å²) in [5.41, 5.74) is 0.521. The SMILES string of the molecule is CCCN1CCN(C=CC(=O)c2ccc(F)cc2)CC1. The molecule has 1 saturated heterocycles. The first-order chi connectivity index (χ1) is 9.69. The summed E-state index contributed by atoms with van der Waals surface area (Å²) in [6.07, 6.45) is 4.61. The molecule has 2 rings (SSSR count). The van der Waals surface area contributed by atoms with E-state index in [-0.39, 0.29) is 11.6 Å². The minimum absolute atomic E-state index is 0.0824. The lowest BCUT2D eigenvalue weighted by Gasteiger charge is -2.33. The standard InChI is InChI=1S/C16H21FN2O/c1-2-8-18-10-12-19(13-11-18)9-7-16(20)14-3-5-15(17)6-4-14/h3-7,9H,2,8,10-13H2,1H3. The number of carbonyl (C=O) groups excluding carboxylic acids is 1. The molecule has 1 aromatic rings. The van der Waals surface area contributed by atoms with Crippen molar-refractivity contribution in [3.8, 4) is 0 Å². The molecule has 3 nitrogen and oxygen atoms in total. The van der Waals surface area contributed by atoms with Gasteiger partial charge < -0.3 is 4.90 Å². The highest BCUT2D eigenvalue weighted by atomic mass is 19.1. The number of halogens is 1. The summed E-state index contributed by atoms with van der Waals surface area (Å²) in [5, 5.41) is 0. The smallest absolute Gasteiger partial charge is 0.187 e. The molecule has 1 fully saturated rings. The van der Waals surface area contributed by atoms with Crippen molar-refractivity contribution < 1.29 is 9.18 Å². The van der Waals surface area contributed by atoms with Crippen molar-refractivity contribution >= 4 is 5.78 Å². The van der Waals surface area contributed by atoms with Crippen LogP contribution in [0.15, 0.2) is 36.5 Å². The molecule has 0 radical (unpaired) electrons. The molecule has 1 heterocycles. The summed E-state index contributed by atoms with van der Waals surface area (Å²) in [6.45, 7) is 7.33. The molecule has 108 valence electrons. The number of nitrogens with zero attached hydrogens (tertiary/aromatic N) is 2. The van der Waals surface area contributed by atoms with Gasteiger partial charge in [-0.3, -0.25) is 9.69 Å². The van der Waals surface area contributed by atoms with Gasteiger partial charge in [-0.2, -0.15) is 0 Å². The molecule has 20 heavy (non-hydrogen) atoms. The number of benzene rings is 1. The third kappa shape index (κ3) is 4.17. The number of allylic oxidation sites excluding steroid dienone is 1. The first-order valence-electron chi connectivity index (χ1n) is 7.13. The fourth-order valence-electron chi connectivity index (χ4n) is 2.34. The van der Waals surface area contributed by atoms with Gasteiger partial charge >= 0.3 is 0 Å². The highest BCUT2D eigenvalue weighted by Gasteiger charge is 2.13. The fourth-order valence-corrected chi connectivity index (χ4v) is 2.34. The molecule has 0 N–H and O–H groups in total. The monoisotopic (exact) mass is 276 g/mol. The van der Waals surface area contributed by atoms with Gasteiger partial charge in [0.05, 0.1) is 0 Å². The van der Waals surface area contributed by atoms with Crippen LogP contribution in [0.1, 0.15) is 23.7 Å². The first kappa shape index (κ1) is 14.7. The van der Waals surface area contributed by atoms with Gasteiger partial charge in [0.15, 0.2) is 5.78 Å². The molecule has 4 heteroatoms. The van der Waals surface area contributed by atoms with Crippen molar-refractivity contribution in [1.82, 2.24) is 9.80 Å². The number of carbonyl (C=O) groups is 1. The molecule has 0 saturated carbocycles.